The van der Waals surface area contributed by atoms with Crippen LogP contribution in [0.3, 0.4) is 0 Å². The zero-order valence-electron chi connectivity index (χ0n) is 12.1. The van der Waals surface area contributed by atoms with Crippen molar-refractivity contribution < 1.29 is 9.26 Å². The van der Waals surface area contributed by atoms with E-state index in [0.717, 1.165) is 37.2 Å². The third-order valence-corrected chi connectivity index (χ3v) is 2.88. The fourth-order valence-electron chi connectivity index (χ4n) is 1.83. The normalized spacial score (nSPS) is 10.7. The van der Waals surface area contributed by atoms with E-state index in [1.807, 2.05) is 25.1 Å². The molecule has 0 unspecified atom stereocenters. The van der Waals surface area contributed by atoms with Gasteiger partial charge in [0.25, 0.3) is 0 Å². The molecule has 1 N–H and O–H groups in total. The highest BCUT2D eigenvalue weighted by molar-refractivity contribution is 5.33. The molecule has 0 atom stereocenters. The highest BCUT2D eigenvalue weighted by atomic mass is 16.5. The quantitative estimate of drug-likeness (QED) is 0.751. The molecule has 0 aliphatic heterocycles. The molecule has 0 bridgehead atoms. The third-order valence-electron chi connectivity index (χ3n) is 2.88. The molecule has 1 heterocycles. The number of aromatic nitrogens is 2. The number of rotatable bonds is 8. The Bertz CT molecular complexity index is 525. The Balaban J connectivity index is 1.94. The monoisotopic (exact) mass is 275 g/mol. The smallest absolute Gasteiger partial charge is 0.226 e. The second kappa shape index (κ2) is 7.65. The lowest BCUT2D eigenvalue weighted by Gasteiger charge is -2.10. The number of nitrogens with one attached hydrogen (secondary N) is 1. The molecular formula is C15H21N3O2. The summed E-state index contributed by atoms with van der Waals surface area (Å²) in [7, 11) is 0. The van der Waals surface area contributed by atoms with Gasteiger partial charge < -0.3 is 14.6 Å². The van der Waals surface area contributed by atoms with Crippen LogP contribution in [0.1, 0.15) is 37.5 Å². The number of aryl methyl sites for hydroxylation is 1. The van der Waals surface area contributed by atoms with Crippen molar-refractivity contribution in [3.05, 3.63) is 41.5 Å². The molecule has 0 radical (unpaired) electrons. The van der Waals surface area contributed by atoms with Crippen LogP contribution in [0.4, 0.5) is 0 Å². The SMILES string of the molecule is CCCNCc1ccccc1OCc1noc(CC)n1. The first-order valence-corrected chi connectivity index (χ1v) is 7.06. The van der Waals surface area contributed by atoms with Crippen LogP contribution < -0.4 is 10.1 Å². The summed E-state index contributed by atoms with van der Waals surface area (Å²) in [6.45, 7) is 6.26. The van der Waals surface area contributed by atoms with Gasteiger partial charge in [-0.25, -0.2) is 0 Å². The Morgan fingerprint density at radius 3 is 2.85 bits per heavy atom. The van der Waals surface area contributed by atoms with Crippen molar-refractivity contribution in [3.63, 3.8) is 0 Å². The van der Waals surface area contributed by atoms with Gasteiger partial charge in [0.15, 0.2) is 6.61 Å². The van der Waals surface area contributed by atoms with Gasteiger partial charge >= 0.3 is 0 Å². The van der Waals surface area contributed by atoms with E-state index in [2.05, 4.69) is 28.4 Å². The average Bonchev–Trinajstić information content (AvgIpc) is 2.94. The maximum absolute atomic E-state index is 5.79. The van der Waals surface area contributed by atoms with Gasteiger partial charge in [-0.15, -0.1) is 0 Å². The molecule has 1 aromatic carbocycles. The third kappa shape index (κ3) is 4.06. The zero-order valence-corrected chi connectivity index (χ0v) is 12.1. The van der Waals surface area contributed by atoms with E-state index in [1.165, 1.54) is 0 Å². The molecule has 0 fully saturated rings. The van der Waals surface area contributed by atoms with Gasteiger partial charge in [0.1, 0.15) is 5.75 Å². The maximum Gasteiger partial charge on any atom is 0.226 e. The standard InChI is InChI=1S/C15H21N3O2/c1-3-9-16-10-12-7-5-6-8-13(12)19-11-14-17-15(4-2)20-18-14/h5-8,16H,3-4,9-11H2,1-2H3. The van der Waals surface area contributed by atoms with E-state index in [0.29, 0.717) is 18.3 Å². The minimum atomic E-state index is 0.328. The predicted molar refractivity (Wildman–Crippen MR) is 76.4 cm³/mol. The molecule has 0 aliphatic carbocycles. The summed E-state index contributed by atoms with van der Waals surface area (Å²) in [6, 6.07) is 8.00. The number of nitrogens with zero attached hydrogens (tertiary/aromatic N) is 2. The number of ether oxygens (including phenoxy) is 1. The Labute approximate surface area is 119 Å². The Kier molecular flexibility index (Phi) is 5.55. The molecular weight excluding hydrogens is 254 g/mol. The minimum absolute atomic E-state index is 0.328. The van der Waals surface area contributed by atoms with E-state index in [4.69, 9.17) is 9.26 Å². The number of hydrogen-bond acceptors (Lipinski definition) is 5. The highest BCUT2D eigenvalue weighted by Gasteiger charge is 2.07. The first kappa shape index (κ1) is 14.5. The molecule has 1 aromatic heterocycles. The molecule has 2 rings (SSSR count). The van der Waals surface area contributed by atoms with E-state index < -0.39 is 0 Å². The average molecular weight is 275 g/mol. The lowest BCUT2D eigenvalue weighted by molar-refractivity contribution is 0.282. The van der Waals surface area contributed by atoms with Gasteiger partial charge in [0.05, 0.1) is 0 Å². The number of benzene rings is 1. The van der Waals surface area contributed by atoms with Crippen LogP contribution in [0.5, 0.6) is 5.75 Å². The van der Waals surface area contributed by atoms with Crippen molar-refractivity contribution in [1.82, 2.24) is 15.5 Å². The molecule has 2 aromatic rings. The van der Waals surface area contributed by atoms with Gasteiger partial charge in [-0.2, -0.15) is 4.98 Å². The molecule has 0 amide bonds. The summed E-state index contributed by atoms with van der Waals surface area (Å²) in [5, 5.41) is 7.25. The topological polar surface area (TPSA) is 60.2 Å². The summed E-state index contributed by atoms with van der Waals surface area (Å²) >= 11 is 0. The molecule has 0 saturated heterocycles. The van der Waals surface area contributed by atoms with Crippen LogP contribution in [0, 0.1) is 0 Å². The lowest BCUT2D eigenvalue weighted by Crippen LogP contribution is -2.14. The molecule has 0 aliphatic rings. The van der Waals surface area contributed by atoms with Crippen molar-refractivity contribution >= 4 is 0 Å². The molecule has 5 nitrogen and oxygen atoms in total. The molecule has 0 saturated carbocycles. The van der Waals surface area contributed by atoms with E-state index in [9.17, 15) is 0 Å². The fourth-order valence-corrected chi connectivity index (χ4v) is 1.83. The fraction of sp³-hybridized carbons (Fsp3) is 0.467. The van der Waals surface area contributed by atoms with Crippen molar-refractivity contribution in [2.75, 3.05) is 6.54 Å². The molecule has 20 heavy (non-hydrogen) atoms. The van der Waals surface area contributed by atoms with Crippen molar-refractivity contribution in [3.8, 4) is 5.75 Å². The van der Waals surface area contributed by atoms with Crippen LogP contribution >= 0.6 is 0 Å². The van der Waals surface area contributed by atoms with Crippen LogP contribution in [0.15, 0.2) is 28.8 Å². The van der Waals surface area contributed by atoms with E-state index in [-0.39, 0.29) is 0 Å². The molecule has 0 spiro atoms. The predicted octanol–water partition coefficient (Wildman–Crippen LogP) is 2.71. The zero-order chi connectivity index (χ0) is 14.2. The lowest BCUT2D eigenvalue weighted by atomic mass is 10.2. The van der Waals surface area contributed by atoms with Crippen molar-refractivity contribution in [1.29, 1.82) is 0 Å². The van der Waals surface area contributed by atoms with Crippen LogP contribution in [-0.2, 0) is 19.6 Å². The summed E-state index contributed by atoms with van der Waals surface area (Å²) in [6.07, 6.45) is 1.86. The van der Waals surface area contributed by atoms with Crippen LogP contribution in [0.2, 0.25) is 0 Å². The largest absolute Gasteiger partial charge is 0.485 e. The van der Waals surface area contributed by atoms with Gasteiger partial charge in [-0.05, 0) is 19.0 Å². The van der Waals surface area contributed by atoms with Gasteiger partial charge in [-0.3, -0.25) is 0 Å². The molecule has 108 valence electrons. The van der Waals surface area contributed by atoms with E-state index >= 15 is 0 Å². The van der Waals surface area contributed by atoms with Crippen molar-refractivity contribution in [2.24, 2.45) is 0 Å². The number of para-hydroxylation sites is 1. The molecule has 5 heteroatoms. The van der Waals surface area contributed by atoms with Gasteiger partial charge in [0, 0.05) is 18.5 Å². The summed E-state index contributed by atoms with van der Waals surface area (Å²) in [4.78, 5) is 4.23. The van der Waals surface area contributed by atoms with Crippen LogP contribution in [-0.4, -0.2) is 16.7 Å². The summed E-state index contributed by atoms with van der Waals surface area (Å²) in [5.41, 5.74) is 1.14. The van der Waals surface area contributed by atoms with Gasteiger partial charge in [-0.1, -0.05) is 37.2 Å². The second-order valence-corrected chi connectivity index (χ2v) is 4.53. The Morgan fingerprint density at radius 2 is 2.10 bits per heavy atom. The Hall–Kier alpha value is -1.88. The van der Waals surface area contributed by atoms with Crippen LogP contribution in [0.25, 0.3) is 0 Å². The number of hydrogen-bond donors (Lipinski definition) is 1. The van der Waals surface area contributed by atoms with E-state index in [1.54, 1.807) is 0 Å². The highest BCUT2D eigenvalue weighted by Crippen LogP contribution is 2.18. The summed E-state index contributed by atoms with van der Waals surface area (Å²) in [5.74, 6) is 2.08. The maximum atomic E-state index is 5.79. The summed E-state index contributed by atoms with van der Waals surface area (Å²) < 4.78 is 10.8. The minimum Gasteiger partial charge on any atom is -0.485 e. The Morgan fingerprint density at radius 1 is 1.25 bits per heavy atom. The second-order valence-electron chi connectivity index (χ2n) is 4.53. The first-order chi connectivity index (χ1) is 9.83. The van der Waals surface area contributed by atoms with Crippen molar-refractivity contribution in [2.45, 2.75) is 39.8 Å². The van der Waals surface area contributed by atoms with Gasteiger partial charge in [0.2, 0.25) is 11.7 Å². The first-order valence-electron chi connectivity index (χ1n) is 7.06.